The first-order chi connectivity index (χ1) is 19.0. The smallest absolute Gasteiger partial charge is 0.328 e. The lowest BCUT2D eigenvalue weighted by molar-refractivity contribution is -0.384. The number of hydroxylamine groups is 2. The average molecular weight is 590 g/mol. The molecule has 17 nitrogen and oxygen atoms in total. The van der Waals surface area contributed by atoms with Crippen LogP contribution in [0.4, 0.5) is 11.4 Å². The minimum absolute atomic E-state index is 0.0208. The van der Waals surface area contributed by atoms with Crippen LogP contribution in [0.15, 0.2) is 24.3 Å². The van der Waals surface area contributed by atoms with Crippen LogP contribution in [0.2, 0.25) is 0 Å². The van der Waals surface area contributed by atoms with Gasteiger partial charge in [-0.3, -0.25) is 34.1 Å². The van der Waals surface area contributed by atoms with Gasteiger partial charge in [-0.05, 0) is 44.4 Å². The van der Waals surface area contributed by atoms with Crippen LogP contribution in [0.5, 0.6) is 0 Å². The molecule has 1 aliphatic rings. The number of carboxylic acid groups (broad SMARTS) is 4. The maximum atomic E-state index is 11.3. The first kappa shape index (κ1) is 38.8. The number of carboxylic acids is 4. The zero-order valence-corrected chi connectivity index (χ0v) is 23.3. The highest BCUT2D eigenvalue weighted by Gasteiger charge is 2.26. The van der Waals surface area contributed by atoms with E-state index in [0.717, 1.165) is 26.5 Å². The van der Waals surface area contributed by atoms with Gasteiger partial charge in [-0.1, -0.05) is 13.8 Å². The van der Waals surface area contributed by atoms with Crippen LogP contribution in [0.25, 0.3) is 0 Å². The zero-order chi connectivity index (χ0) is 32.3. The number of nitro benzene ring substituents is 1. The number of nitro groups is 1. The molecule has 1 heterocycles. The van der Waals surface area contributed by atoms with Crippen molar-refractivity contribution in [2.24, 2.45) is 11.7 Å². The Kier molecular flexibility index (Phi) is 19.4. The van der Waals surface area contributed by atoms with Crippen molar-refractivity contribution in [2.45, 2.75) is 64.6 Å². The van der Waals surface area contributed by atoms with Crippen molar-refractivity contribution in [3.63, 3.8) is 0 Å². The number of rotatable bonds is 10. The Hall–Kier alpha value is -4.35. The molecule has 232 valence electrons. The van der Waals surface area contributed by atoms with Crippen molar-refractivity contribution in [3.8, 4) is 0 Å². The van der Waals surface area contributed by atoms with E-state index in [9.17, 15) is 34.1 Å². The molecule has 1 aromatic carbocycles. The van der Waals surface area contributed by atoms with E-state index in [1.807, 2.05) is 0 Å². The molecule has 17 heteroatoms. The summed E-state index contributed by atoms with van der Waals surface area (Å²) in [5.41, 5.74) is 11.1. The van der Waals surface area contributed by atoms with Gasteiger partial charge in [0.1, 0.15) is 12.1 Å². The maximum absolute atomic E-state index is 11.3. The van der Waals surface area contributed by atoms with E-state index < -0.39 is 46.8 Å². The lowest BCUT2D eigenvalue weighted by Gasteiger charge is -2.23. The van der Waals surface area contributed by atoms with Gasteiger partial charge in [-0.25, -0.2) is 9.86 Å². The van der Waals surface area contributed by atoms with Crippen molar-refractivity contribution in [1.82, 2.24) is 10.4 Å². The van der Waals surface area contributed by atoms with Gasteiger partial charge in [0.05, 0.1) is 18.5 Å². The first-order valence-corrected chi connectivity index (χ1v) is 12.2. The predicted octanol–water partition coefficient (Wildman–Crippen LogP) is 0.769. The van der Waals surface area contributed by atoms with E-state index in [1.165, 1.54) is 31.2 Å². The molecule has 9 N–H and O–H groups in total. The summed E-state index contributed by atoms with van der Waals surface area (Å²) >= 11 is 0. The molecule has 0 unspecified atom stereocenters. The monoisotopic (exact) mass is 589 g/mol. The number of benzene rings is 1. The summed E-state index contributed by atoms with van der Waals surface area (Å²) in [6, 6.07) is 3.61. The van der Waals surface area contributed by atoms with Gasteiger partial charge >= 0.3 is 23.9 Å². The normalized spacial score (nSPS) is 14.8. The Morgan fingerprint density at radius 2 is 1.59 bits per heavy atom. The number of carbonyl (C=O) groups excluding carboxylic acids is 1. The van der Waals surface area contributed by atoms with E-state index in [1.54, 1.807) is 13.8 Å². The second-order valence-corrected chi connectivity index (χ2v) is 8.75. The summed E-state index contributed by atoms with van der Waals surface area (Å²) in [7, 11) is 1.15. The maximum Gasteiger partial charge on any atom is 0.328 e. The van der Waals surface area contributed by atoms with E-state index in [0.29, 0.717) is 10.8 Å². The van der Waals surface area contributed by atoms with Gasteiger partial charge in [0.2, 0.25) is 5.91 Å². The lowest BCUT2D eigenvalue weighted by atomic mass is 10.1. The van der Waals surface area contributed by atoms with Gasteiger partial charge in [0.15, 0.2) is 6.04 Å². The standard InChI is InChI=1S/C8H13NO6.C6H6N2O2.C5H9NO2.C5H11NO2/c1-5(8(13)14)9(15-2)6(10)3-4-7(11)12;7-5-1-3-6(4-2-5)8(9)10;7-5(8)4-2-1-3-6-4;1-3(2)4(6)5(7)8/h5H,3-4H2,1-2H3,(H,11,12)(H,13,14);1-4H,7H2;4,6H,1-3H2,(H,7,8);3-4H,6H2,1-2H3,(H,7,8)/t5-;;2*4-/m0.00/s1. The fourth-order valence-electron chi connectivity index (χ4n) is 2.68. The van der Waals surface area contributed by atoms with Gasteiger partial charge in [0.25, 0.3) is 5.69 Å². The summed E-state index contributed by atoms with van der Waals surface area (Å²) < 4.78 is 0. The number of nitrogens with one attached hydrogen (secondary N) is 1. The Morgan fingerprint density at radius 3 is 1.85 bits per heavy atom. The van der Waals surface area contributed by atoms with Crippen molar-refractivity contribution in [2.75, 3.05) is 19.4 Å². The highest BCUT2D eigenvalue weighted by atomic mass is 16.7. The Bertz CT molecular complexity index is 985. The van der Waals surface area contributed by atoms with Gasteiger partial charge in [-0.15, -0.1) is 0 Å². The molecule has 1 fully saturated rings. The molecular weight excluding hydrogens is 550 g/mol. The van der Waals surface area contributed by atoms with Crippen molar-refractivity contribution >= 4 is 41.2 Å². The third kappa shape index (κ3) is 17.8. The van der Waals surface area contributed by atoms with E-state index in [4.69, 9.17) is 31.9 Å². The number of nitrogen functional groups attached to an aromatic ring is 1. The summed E-state index contributed by atoms with van der Waals surface area (Å²) in [5.74, 6) is -4.65. The van der Waals surface area contributed by atoms with Crippen LogP contribution in [0.3, 0.4) is 0 Å². The molecule has 0 aliphatic carbocycles. The Balaban J connectivity index is 0. The fraction of sp³-hybridized carbons (Fsp3) is 0.542. The van der Waals surface area contributed by atoms with Crippen molar-refractivity contribution in [3.05, 3.63) is 34.4 Å². The molecule has 0 aromatic heterocycles. The van der Waals surface area contributed by atoms with E-state index in [2.05, 4.69) is 10.2 Å². The number of nitrogens with two attached hydrogens (primary N) is 2. The number of carbonyl (C=O) groups is 5. The largest absolute Gasteiger partial charge is 0.481 e. The zero-order valence-electron chi connectivity index (χ0n) is 23.3. The minimum Gasteiger partial charge on any atom is -0.481 e. The lowest BCUT2D eigenvalue weighted by Crippen LogP contribution is -2.42. The number of nitrogens with zero attached hydrogens (tertiary/aromatic N) is 2. The molecule has 3 atom stereocenters. The number of hydrogen-bond acceptors (Lipinski definition) is 11. The molecule has 1 amide bonds. The number of non-ortho nitro benzene ring substituents is 1. The van der Waals surface area contributed by atoms with Crippen LogP contribution >= 0.6 is 0 Å². The van der Waals surface area contributed by atoms with Crippen molar-refractivity contribution < 1.29 is 54.2 Å². The third-order valence-corrected chi connectivity index (χ3v) is 5.17. The molecule has 0 radical (unpaired) electrons. The molecule has 1 aromatic rings. The fourth-order valence-corrected chi connectivity index (χ4v) is 2.68. The predicted molar refractivity (Wildman–Crippen MR) is 144 cm³/mol. The second-order valence-electron chi connectivity index (χ2n) is 8.75. The summed E-state index contributed by atoms with van der Waals surface area (Å²) in [5, 5.41) is 47.1. The molecule has 2 rings (SSSR count). The van der Waals surface area contributed by atoms with Crippen molar-refractivity contribution in [1.29, 1.82) is 0 Å². The average Bonchev–Trinajstić information content (AvgIpc) is 3.44. The summed E-state index contributed by atoms with van der Waals surface area (Å²) in [4.78, 5) is 66.4. The molecule has 41 heavy (non-hydrogen) atoms. The highest BCUT2D eigenvalue weighted by Crippen LogP contribution is 2.12. The first-order valence-electron chi connectivity index (χ1n) is 12.2. The Labute approximate surface area is 236 Å². The van der Waals surface area contributed by atoms with Gasteiger partial charge in [-0.2, -0.15) is 0 Å². The molecule has 0 bridgehead atoms. The van der Waals surface area contributed by atoms with Crippen LogP contribution in [-0.2, 0) is 28.8 Å². The molecule has 0 spiro atoms. The van der Waals surface area contributed by atoms with Gasteiger partial charge < -0.3 is 37.2 Å². The molecular formula is C24H39N5O12. The third-order valence-electron chi connectivity index (χ3n) is 5.17. The number of hydrogen-bond donors (Lipinski definition) is 7. The second kappa shape index (κ2) is 20.5. The summed E-state index contributed by atoms with van der Waals surface area (Å²) in [6.45, 7) is 5.68. The van der Waals surface area contributed by atoms with E-state index in [-0.39, 0.29) is 30.5 Å². The number of aliphatic carboxylic acids is 4. The quantitative estimate of drug-likeness (QED) is 0.113. The highest BCUT2D eigenvalue weighted by molar-refractivity contribution is 5.84. The molecule has 1 saturated heterocycles. The topological polar surface area (TPSA) is 286 Å². The number of anilines is 1. The van der Waals surface area contributed by atoms with Crippen LogP contribution in [-0.4, -0.2) is 92.0 Å². The van der Waals surface area contributed by atoms with Gasteiger partial charge in [0, 0.05) is 24.2 Å². The van der Waals surface area contributed by atoms with Crippen LogP contribution < -0.4 is 16.8 Å². The van der Waals surface area contributed by atoms with Crippen LogP contribution in [0.1, 0.15) is 46.5 Å². The van der Waals surface area contributed by atoms with Crippen LogP contribution in [0, 0.1) is 16.0 Å². The minimum atomic E-state index is -1.22. The Morgan fingerprint density at radius 1 is 1.05 bits per heavy atom. The SMILES string of the molecule is CC(C)[C@H](N)C(=O)O.CON(C(=O)CCC(=O)O)[C@@H](C)C(=O)O.Nc1ccc([N+](=O)[O-])cc1.O=C(O)[C@@H]1CCCN1. The molecule has 1 aliphatic heterocycles. The molecule has 0 saturated carbocycles. The number of amides is 1. The summed E-state index contributed by atoms with van der Waals surface area (Å²) in [6.07, 6.45) is 1.14. The van der Waals surface area contributed by atoms with E-state index >= 15 is 0 Å².